The molecule has 0 fully saturated rings. The number of hydrogen-bond acceptors (Lipinski definition) is 2. The van der Waals surface area contributed by atoms with E-state index in [4.69, 9.17) is 0 Å². The SMILES string of the molecule is c1ccc2c(Cc3nc[nH]n3)cccc2c1. The molecule has 1 aromatic heterocycles. The number of fused-ring (bicyclic) bond motifs is 1. The summed E-state index contributed by atoms with van der Waals surface area (Å²) >= 11 is 0. The van der Waals surface area contributed by atoms with Gasteiger partial charge in [0.15, 0.2) is 5.82 Å². The molecule has 78 valence electrons. The second kappa shape index (κ2) is 3.77. The average molecular weight is 209 g/mol. The van der Waals surface area contributed by atoms with Gasteiger partial charge in [-0.1, -0.05) is 42.5 Å². The van der Waals surface area contributed by atoms with Crippen molar-refractivity contribution in [3.8, 4) is 0 Å². The number of nitrogens with zero attached hydrogens (tertiary/aromatic N) is 2. The quantitative estimate of drug-likeness (QED) is 0.704. The van der Waals surface area contributed by atoms with Gasteiger partial charge in [0.1, 0.15) is 6.33 Å². The summed E-state index contributed by atoms with van der Waals surface area (Å²) in [5.74, 6) is 0.830. The fraction of sp³-hybridized carbons (Fsp3) is 0.0769. The van der Waals surface area contributed by atoms with E-state index in [2.05, 4.69) is 57.6 Å². The molecule has 0 bridgehead atoms. The maximum absolute atomic E-state index is 4.15. The zero-order valence-electron chi connectivity index (χ0n) is 8.72. The van der Waals surface area contributed by atoms with Crippen molar-refractivity contribution in [2.75, 3.05) is 0 Å². The summed E-state index contributed by atoms with van der Waals surface area (Å²) in [4.78, 5) is 4.15. The van der Waals surface area contributed by atoms with Crippen LogP contribution in [0.1, 0.15) is 11.4 Å². The summed E-state index contributed by atoms with van der Waals surface area (Å²) in [7, 11) is 0. The minimum Gasteiger partial charge on any atom is -0.266 e. The maximum Gasteiger partial charge on any atom is 0.154 e. The molecule has 3 aromatic rings. The van der Waals surface area contributed by atoms with Crippen LogP contribution in [0.25, 0.3) is 10.8 Å². The van der Waals surface area contributed by atoms with Crippen LogP contribution in [0.15, 0.2) is 48.8 Å². The van der Waals surface area contributed by atoms with Gasteiger partial charge in [0.2, 0.25) is 0 Å². The lowest BCUT2D eigenvalue weighted by Crippen LogP contribution is -1.92. The average Bonchev–Trinajstić information content (AvgIpc) is 2.82. The number of H-pyrrole nitrogens is 1. The molecule has 0 spiro atoms. The highest BCUT2D eigenvalue weighted by molar-refractivity contribution is 5.85. The second-order valence-corrected chi connectivity index (χ2v) is 3.73. The van der Waals surface area contributed by atoms with E-state index in [1.54, 1.807) is 6.33 Å². The van der Waals surface area contributed by atoms with Crippen molar-refractivity contribution in [3.05, 3.63) is 60.2 Å². The molecule has 0 unspecified atom stereocenters. The van der Waals surface area contributed by atoms with E-state index in [0.717, 1.165) is 12.2 Å². The number of aromatic amines is 1. The second-order valence-electron chi connectivity index (χ2n) is 3.73. The van der Waals surface area contributed by atoms with Gasteiger partial charge in [0.25, 0.3) is 0 Å². The van der Waals surface area contributed by atoms with E-state index in [1.165, 1.54) is 16.3 Å². The molecule has 3 nitrogen and oxygen atoms in total. The molecule has 0 saturated carbocycles. The first-order chi connectivity index (χ1) is 7.93. The molecule has 0 aliphatic rings. The monoisotopic (exact) mass is 209 g/mol. The zero-order chi connectivity index (χ0) is 10.8. The molecule has 0 amide bonds. The minimum absolute atomic E-state index is 0.769. The van der Waals surface area contributed by atoms with Crippen LogP contribution >= 0.6 is 0 Å². The predicted molar refractivity (Wildman–Crippen MR) is 63.1 cm³/mol. The first-order valence-corrected chi connectivity index (χ1v) is 5.25. The fourth-order valence-electron chi connectivity index (χ4n) is 1.94. The standard InChI is InChI=1S/C13H11N3/c1-2-7-12-10(4-1)5-3-6-11(12)8-13-14-9-15-16-13/h1-7,9H,8H2,(H,14,15,16). The summed E-state index contributed by atoms with van der Waals surface area (Å²) in [5, 5.41) is 9.35. The van der Waals surface area contributed by atoms with E-state index < -0.39 is 0 Å². The van der Waals surface area contributed by atoms with Crippen molar-refractivity contribution in [3.63, 3.8) is 0 Å². The van der Waals surface area contributed by atoms with E-state index in [0.29, 0.717) is 0 Å². The number of benzene rings is 2. The number of nitrogens with one attached hydrogen (secondary N) is 1. The van der Waals surface area contributed by atoms with Gasteiger partial charge < -0.3 is 0 Å². The van der Waals surface area contributed by atoms with Gasteiger partial charge in [-0.25, -0.2) is 4.98 Å². The van der Waals surface area contributed by atoms with E-state index in [-0.39, 0.29) is 0 Å². The highest BCUT2D eigenvalue weighted by Gasteiger charge is 2.03. The summed E-state index contributed by atoms with van der Waals surface area (Å²) in [6, 6.07) is 14.7. The van der Waals surface area contributed by atoms with E-state index >= 15 is 0 Å². The van der Waals surface area contributed by atoms with Gasteiger partial charge in [0.05, 0.1) is 0 Å². The molecule has 3 rings (SSSR count). The van der Waals surface area contributed by atoms with Gasteiger partial charge in [-0.15, -0.1) is 0 Å². The number of aromatic nitrogens is 3. The van der Waals surface area contributed by atoms with Gasteiger partial charge in [-0.05, 0) is 16.3 Å². The van der Waals surface area contributed by atoms with Crippen LogP contribution in [-0.4, -0.2) is 15.2 Å². The zero-order valence-corrected chi connectivity index (χ0v) is 8.72. The van der Waals surface area contributed by atoms with Crippen molar-refractivity contribution in [2.45, 2.75) is 6.42 Å². The Labute approximate surface area is 93.2 Å². The molecule has 0 aliphatic heterocycles. The lowest BCUT2D eigenvalue weighted by atomic mass is 10.0. The van der Waals surface area contributed by atoms with Crippen LogP contribution in [0, 0.1) is 0 Å². The molecule has 16 heavy (non-hydrogen) atoms. The normalized spacial score (nSPS) is 10.8. The Morgan fingerprint density at radius 1 is 1.00 bits per heavy atom. The Hall–Kier alpha value is -2.16. The van der Waals surface area contributed by atoms with Crippen LogP contribution in [0.2, 0.25) is 0 Å². The van der Waals surface area contributed by atoms with Gasteiger partial charge in [-0.2, -0.15) is 5.10 Å². The topological polar surface area (TPSA) is 41.6 Å². The first-order valence-electron chi connectivity index (χ1n) is 5.25. The molecule has 0 saturated heterocycles. The van der Waals surface area contributed by atoms with Gasteiger partial charge in [-0.3, -0.25) is 5.10 Å². The highest BCUT2D eigenvalue weighted by atomic mass is 15.2. The summed E-state index contributed by atoms with van der Waals surface area (Å²) in [6.45, 7) is 0. The third kappa shape index (κ3) is 1.56. The third-order valence-corrected chi connectivity index (χ3v) is 2.69. The van der Waals surface area contributed by atoms with Crippen molar-refractivity contribution >= 4 is 10.8 Å². The lowest BCUT2D eigenvalue weighted by Gasteiger charge is -2.03. The van der Waals surface area contributed by atoms with Crippen molar-refractivity contribution in [1.29, 1.82) is 0 Å². The van der Waals surface area contributed by atoms with Crippen molar-refractivity contribution < 1.29 is 0 Å². The smallest absolute Gasteiger partial charge is 0.154 e. The van der Waals surface area contributed by atoms with Crippen molar-refractivity contribution in [1.82, 2.24) is 15.2 Å². The molecule has 1 heterocycles. The molecular weight excluding hydrogens is 198 g/mol. The number of hydrogen-bond donors (Lipinski definition) is 1. The third-order valence-electron chi connectivity index (χ3n) is 2.69. The summed E-state index contributed by atoms with van der Waals surface area (Å²) in [5.41, 5.74) is 1.26. The Morgan fingerprint density at radius 2 is 1.88 bits per heavy atom. The molecule has 3 heteroatoms. The van der Waals surface area contributed by atoms with E-state index in [9.17, 15) is 0 Å². The van der Waals surface area contributed by atoms with Crippen LogP contribution < -0.4 is 0 Å². The van der Waals surface area contributed by atoms with Crippen LogP contribution in [0.3, 0.4) is 0 Å². The fourth-order valence-corrected chi connectivity index (χ4v) is 1.94. The largest absolute Gasteiger partial charge is 0.266 e. The van der Waals surface area contributed by atoms with E-state index in [1.807, 2.05) is 0 Å². The van der Waals surface area contributed by atoms with Crippen molar-refractivity contribution in [2.24, 2.45) is 0 Å². The van der Waals surface area contributed by atoms with Crippen LogP contribution in [0.5, 0.6) is 0 Å². The molecule has 0 aliphatic carbocycles. The molecule has 1 N–H and O–H groups in total. The molecule has 0 radical (unpaired) electrons. The first kappa shape index (κ1) is 9.09. The van der Waals surface area contributed by atoms with Crippen LogP contribution in [-0.2, 0) is 6.42 Å². The molecule has 2 aromatic carbocycles. The predicted octanol–water partition coefficient (Wildman–Crippen LogP) is 2.55. The Morgan fingerprint density at radius 3 is 2.75 bits per heavy atom. The maximum atomic E-state index is 4.15. The van der Waals surface area contributed by atoms with Gasteiger partial charge in [0, 0.05) is 6.42 Å². The summed E-state index contributed by atoms with van der Waals surface area (Å²) < 4.78 is 0. The van der Waals surface area contributed by atoms with Gasteiger partial charge >= 0.3 is 0 Å². The minimum atomic E-state index is 0.769. The molecular formula is C13H11N3. The Bertz CT molecular complexity index is 594. The van der Waals surface area contributed by atoms with Crippen LogP contribution in [0.4, 0.5) is 0 Å². The molecule has 0 atom stereocenters. The highest BCUT2D eigenvalue weighted by Crippen LogP contribution is 2.19. The Balaban J connectivity index is 2.10. The number of rotatable bonds is 2. The Kier molecular flexibility index (Phi) is 2.14. The lowest BCUT2D eigenvalue weighted by molar-refractivity contribution is 0.977. The summed E-state index contributed by atoms with van der Waals surface area (Å²) in [6.07, 6.45) is 2.38.